The third-order valence-electron chi connectivity index (χ3n) is 4.30. The van der Waals surface area contributed by atoms with Gasteiger partial charge in [-0.2, -0.15) is 0 Å². The minimum atomic E-state index is 0.247. The first kappa shape index (κ1) is 15.2. The summed E-state index contributed by atoms with van der Waals surface area (Å²) < 4.78 is 5.94. The van der Waals surface area contributed by atoms with E-state index < -0.39 is 0 Å². The molecule has 0 bridgehead atoms. The van der Waals surface area contributed by atoms with Gasteiger partial charge in [-0.05, 0) is 31.9 Å². The van der Waals surface area contributed by atoms with Crippen LogP contribution in [0.3, 0.4) is 0 Å². The van der Waals surface area contributed by atoms with E-state index in [0.29, 0.717) is 11.6 Å². The number of ether oxygens (including phenoxy) is 1. The Morgan fingerprint density at radius 2 is 2.21 bits per heavy atom. The molecule has 1 fully saturated rings. The Hall–Kier alpha value is -2.34. The van der Waals surface area contributed by atoms with Crippen LogP contribution in [0.5, 0.6) is 5.75 Å². The highest BCUT2D eigenvalue weighted by atomic mass is 35.5. The average Bonchev–Trinajstić information content (AvgIpc) is 3.19. The summed E-state index contributed by atoms with van der Waals surface area (Å²) in [5.41, 5.74) is 1.59. The SMILES string of the molecule is Cc1nc2c(N3CCC[C@@H]3COc3ccccc3Cl)ncnc2[nH]1. The van der Waals surface area contributed by atoms with Crippen molar-refractivity contribution < 1.29 is 4.74 Å². The molecule has 3 aromatic rings. The van der Waals surface area contributed by atoms with Crippen LogP contribution < -0.4 is 9.64 Å². The van der Waals surface area contributed by atoms with Gasteiger partial charge in [0.25, 0.3) is 0 Å². The van der Waals surface area contributed by atoms with Crippen LogP contribution >= 0.6 is 11.6 Å². The normalized spacial score (nSPS) is 17.6. The lowest BCUT2D eigenvalue weighted by molar-refractivity contribution is 0.288. The van der Waals surface area contributed by atoms with Crippen molar-refractivity contribution in [2.75, 3.05) is 18.1 Å². The standard InChI is InChI=1S/C17H18ClN5O/c1-11-21-15-16(22-11)19-10-20-17(15)23-8-4-5-12(23)9-24-14-7-3-2-6-13(14)18/h2-3,6-7,10,12H,4-5,8-9H2,1H3,(H,19,20,21,22)/t12-/m1/s1. The molecule has 1 aromatic carbocycles. The van der Waals surface area contributed by atoms with Gasteiger partial charge in [0.15, 0.2) is 17.0 Å². The zero-order valence-corrected chi connectivity index (χ0v) is 14.1. The molecule has 1 saturated heterocycles. The largest absolute Gasteiger partial charge is 0.490 e. The van der Waals surface area contributed by atoms with Gasteiger partial charge in [-0.15, -0.1) is 0 Å². The van der Waals surface area contributed by atoms with E-state index in [1.54, 1.807) is 6.33 Å². The van der Waals surface area contributed by atoms with Gasteiger partial charge in [0.05, 0.1) is 11.1 Å². The summed E-state index contributed by atoms with van der Waals surface area (Å²) in [6, 6.07) is 7.80. The van der Waals surface area contributed by atoms with E-state index in [4.69, 9.17) is 16.3 Å². The molecule has 1 atom stereocenters. The molecule has 0 aliphatic carbocycles. The monoisotopic (exact) mass is 343 g/mol. The number of halogens is 1. The number of aryl methyl sites for hydroxylation is 1. The van der Waals surface area contributed by atoms with Crippen LogP contribution in [-0.2, 0) is 0 Å². The topological polar surface area (TPSA) is 66.9 Å². The Morgan fingerprint density at radius 1 is 1.33 bits per heavy atom. The molecule has 7 heteroatoms. The molecule has 124 valence electrons. The van der Waals surface area contributed by atoms with E-state index in [1.807, 2.05) is 31.2 Å². The first-order valence-electron chi connectivity index (χ1n) is 8.03. The summed E-state index contributed by atoms with van der Waals surface area (Å²) in [4.78, 5) is 18.7. The first-order valence-corrected chi connectivity index (χ1v) is 8.41. The number of hydrogen-bond donors (Lipinski definition) is 1. The Kier molecular flexibility index (Phi) is 3.98. The highest BCUT2D eigenvalue weighted by molar-refractivity contribution is 6.32. The molecule has 0 saturated carbocycles. The number of aromatic nitrogens is 4. The number of para-hydroxylation sites is 1. The number of hydrogen-bond acceptors (Lipinski definition) is 5. The number of nitrogens with zero attached hydrogens (tertiary/aromatic N) is 4. The maximum absolute atomic E-state index is 6.17. The van der Waals surface area contributed by atoms with Crippen LogP contribution in [0.15, 0.2) is 30.6 Å². The number of nitrogens with one attached hydrogen (secondary N) is 1. The number of benzene rings is 1. The minimum absolute atomic E-state index is 0.247. The van der Waals surface area contributed by atoms with Gasteiger partial charge in [-0.1, -0.05) is 23.7 Å². The minimum Gasteiger partial charge on any atom is -0.490 e. The maximum atomic E-state index is 6.17. The Labute approximate surface area is 144 Å². The molecule has 1 N–H and O–H groups in total. The van der Waals surface area contributed by atoms with Crippen molar-refractivity contribution in [1.29, 1.82) is 0 Å². The quantitative estimate of drug-likeness (QED) is 0.786. The summed E-state index contributed by atoms with van der Waals surface area (Å²) in [6.45, 7) is 3.43. The van der Waals surface area contributed by atoms with E-state index in [0.717, 1.165) is 47.9 Å². The Morgan fingerprint density at radius 3 is 3.08 bits per heavy atom. The van der Waals surface area contributed by atoms with E-state index >= 15 is 0 Å². The first-order chi connectivity index (χ1) is 11.7. The number of fused-ring (bicyclic) bond motifs is 1. The van der Waals surface area contributed by atoms with Crippen molar-refractivity contribution in [3.8, 4) is 5.75 Å². The molecule has 4 rings (SSSR count). The van der Waals surface area contributed by atoms with Gasteiger partial charge in [-0.3, -0.25) is 0 Å². The fraction of sp³-hybridized carbons (Fsp3) is 0.353. The Bertz CT molecular complexity index is 865. The zero-order chi connectivity index (χ0) is 16.5. The smallest absolute Gasteiger partial charge is 0.163 e. The van der Waals surface area contributed by atoms with Crippen LogP contribution in [-0.4, -0.2) is 39.1 Å². The summed E-state index contributed by atoms with van der Waals surface area (Å²) in [5, 5.41) is 0.634. The number of aromatic amines is 1. The van der Waals surface area contributed by atoms with E-state index in [-0.39, 0.29) is 6.04 Å². The van der Waals surface area contributed by atoms with Crippen LogP contribution in [0, 0.1) is 6.92 Å². The van der Waals surface area contributed by atoms with E-state index in [9.17, 15) is 0 Å². The second-order valence-corrected chi connectivity index (χ2v) is 6.35. The molecular weight excluding hydrogens is 326 g/mol. The molecule has 24 heavy (non-hydrogen) atoms. The third kappa shape index (κ3) is 2.78. The molecule has 6 nitrogen and oxygen atoms in total. The molecule has 2 aromatic heterocycles. The highest BCUT2D eigenvalue weighted by Gasteiger charge is 2.28. The highest BCUT2D eigenvalue weighted by Crippen LogP contribution is 2.30. The summed E-state index contributed by atoms with van der Waals surface area (Å²) in [7, 11) is 0. The number of rotatable bonds is 4. The van der Waals surface area contributed by atoms with Crippen molar-refractivity contribution in [3.63, 3.8) is 0 Å². The molecule has 1 aliphatic heterocycles. The van der Waals surface area contributed by atoms with Crippen molar-refractivity contribution in [2.24, 2.45) is 0 Å². The lowest BCUT2D eigenvalue weighted by atomic mass is 10.2. The van der Waals surface area contributed by atoms with Gasteiger partial charge in [0.2, 0.25) is 0 Å². The third-order valence-corrected chi connectivity index (χ3v) is 4.61. The molecule has 0 radical (unpaired) electrons. The fourth-order valence-corrected chi connectivity index (χ4v) is 3.37. The molecule has 0 amide bonds. The van der Waals surface area contributed by atoms with Gasteiger partial charge >= 0.3 is 0 Å². The van der Waals surface area contributed by atoms with Gasteiger partial charge in [-0.25, -0.2) is 15.0 Å². The van der Waals surface area contributed by atoms with Crippen molar-refractivity contribution in [1.82, 2.24) is 19.9 Å². The van der Waals surface area contributed by atoms with Gasteiger partial charge in [0.1, 0.15) is 24.5 Å². The summed E-state index contributed by atoms with van der Waals surface area (Å²) in [6.07, 6.45) is 3.74. The predicted molar refractivity (Wildman–Crippen MR) is 93.7 cm³/mol. The number of H-pyrrole nitrogens is 1. The van der Waals surface area contributed by atoms with Gasteiger partial charge in [0, 0.05) is 6.54 Å². The Balaban J connectivity index is 1.57. The average molecular weight is 344 g/mol. The fourth-order valence-electron chi connectivity index (χ4n) is 3.18. The van der Waals surface area contributed by atoms with Gasteiger partial charge < -0.3 is 14.6 Å². The van der Waals surface area contributed by atoms with Crippen molar-refractivity contribution in [3.05, 3.63) is 41.4 Å². The van der Waals surface area contributed by atoms with E-state index in [1.165, 1.54) is 0 Å². The second-order valence-electron chi connectivity index (χ2n) is 5.95. The lowest BCUT2D eigenvalue weighted by Crippen LogP contribution is -2.35. The summed E-state index contributed by atoms with van der Waals surface area (Å²) >= 11 is 6.17. The molecule has 0 spiro atoms. The van der Waals surface area contributed by atoms with Crippen molar-refractivity contribution >= 4 is 28.6 Å². The van der Waals surface area contributed by atoms with E-state index in [2.05, 4.69) is 24.8 Å². The van der Waals surface area contributed by atoms with Crippen molar-refractivity contribution in [2.45, 2.75) is 25.8 Å². The maximum Gasteiger partial charge on any atom is 0.163 e. The zero-order valence-electron chi connectivity index (χ0n) is 13.4. The summed E-state index contributed by atoms with van der Waals surface area (Å²) in [5.74, 6) is 2.43. The second kappa shape index (κ2) is 6.28. The van der Waals surface area contributed by atoms with Crippen LogP contribution in [0.4, 0.5) is 5.82 Å². The molecule has 3 heterocycles. The number of imidazole rings is 1. The van der Waals surface area contributed by atoms with Crippen LogP contribution in [0.2, 0.25) is 5.02 Å². The molecule has 1 aliphatic rings. The van der Waals surface area contributed by atoms with Crippen LogP contribution in [0.1, 0.15) is 18.7 Å². The number of anilines is 1. The lowest BCUT2D eigenvalue weighted by Gasteiger charge is -2.25. The van der Waals surface area contributed by atoms with Crippen LogP contribution in [0.25, 0.3) is 11.2 Å². The predicted octanol–water partition coefficient (Wildman–Crippen LogP) is 3.36. The molecule has 0 unspecified atom stereocenters. The molecular formula is C17H18ClN5O.